The highest BCUT2D eigenvalue weighted by Crippen LogP contribution is 2.41. The molecule has 124 valence electrons. The van der Waals surface area contributed by atoms with Crippen molar-refractivity contribution in [2.24, 2.45) is 11.8 Å². The maximum atomic E-state index is 12.6. The number of carbonyl (C=O) groups excluding carboxylic acids is 2. The topological polar surface area (TPSA) is 49.4 Å². The summed E-state index contributed by atoms with van der Waals surface area (Å²) in [4.78, 5) is 26.9. The van der Waals surface area contributed by atoms with Crippen LogP contribution in [-0.4, -0.2) is 29.8 Å². The van der Waals surface area contributed by atoms with Gasteiger partial charge in [0.05, 0.1) is 11.8 Å². The molecule has 0 radical (unpaired) electrons. The van der Waals surface area contributed by atoms with Crippen molar-refractivity contribution in [2.45, 2.75) is 46.0 Å². The summed E-state index contributed by atoms with van der Waals surface area (Å²) in [5.74, 6) is -0.0371. The van der Waals surface area contributed by atoms with Gasteiger partial charge in [-0.1, -0.05) is 32.0 Å². The Labute approximate surface area is 138 Å². The minimum absolute atomic E-state index is 0.0122. The van der Waals surface area contributed by atoms with E-state index in [-0.39, 0.29) is 23.7 Å². The van der Waals surface area contributed by atoms with Crippen molar-refractivity contribution in [1.29, 1.82) is 0 Å². The molecule has 2 unspecified atom stereocenters. The average Bonchev–Trinajstić information content (AvgIpc) is 3.19. The van der Waals surface area contributed by atoms with Crippen LogP contribution in [0, 0.1) is 11.8 Å². The molecule has 4 nitrogen and oxygen atoms in total. The molecule has 1 aliphatic carbocycles. The summed E-state index contributed by atoms with van der Waals surface area (Å²) in [6.45, 7) is 5.92. The summed E-state index contributed by atoms with van der Waals surface area (Å²) in [7, 11) is 0. The Balaban J connectivity index is 1.66. The molecule has 23 heavy (non-hydrogen) atoms. The normalized spacial score (nSPS) is 23.0. The minimum Gasteiger partial charge on any atom is -0.342 e. The van der Waals surface area contributed by atoms with Crippen LogP contribution in [0.4, 0.5) is 5.69 Å². The number of hydrogen-bond acceptors (Lipinski definition) is 2. The maximum Gasteiger partial charge on any atom is 0.228 e. The summed E-state index contributed by atoms with van der Waals surface area (Å²) >= 11 is 0. The van der Waals surface area contributed by atoms with Gasteiger partial charge in [-0.25, -0.2) is 0 Å². The summed E-state index contributed by atoms with van der Waals surface area (Å²) < 4.78 is 0. The first kappa shape index (κ1) is 16.0. The zero-order valence-electron chi connectivity index (χ0n) is 14.1. The van der Waals surface area contributed by atoms with Crippen molar-refractivity contribution in [3.05, 3.63) is 29.3 Å². The second kappa shape index (κ2) is 6.73. The first-order valence-corrected chi connectivity index (χ1v) is 8.86. The Morgan fingerprint density at radius 2 is 1.70 bits per heavy atom. The lowest BCUT2D eigenvalue weighted by atomic mass is 10.0. The number of rotatable bonds is 5. The molecule has 1 saturated carbocycles. The Kier molecular flexibility index (Phi) is 4.69. The highest BCUT2D eigenvalue weighted by molar-refractivity contribution is 6.00. The van der Waals surface area contributed by atoms with Gasteiger partial charge in [0.15, 0.2) is 0 Å². The highest BCUT2D eigenvalue weighted by atomic mass is 16.2. The van der Waals surface area contributed by atoms with Crippen LogP contribution in [0.5, 0.6) is 0 Å². The molecular weight excluding hydrogens is 288 g/mol. The number of nitrogens with zero attached hydrogens (tertiary/aromatic N) is 1. The van der Waals surface area contributed by atoms with Gasteiger partial charge in [-0.05, 0) is 43.2 Å². The van der Waals surface area contributed by atoms with Crippen molar-refractivity contribution in [2.75, 3.05) is 18.4 Å². The first-order valence-electron chi connectivity index (χ1n) is 8.86. The van der Waals surface area contributed by atoms with Gasteiger partial charge in [-0.3, -0.25) is 9.59 Å². The van der Waals surface area contributed by atoms with E-state index in [9.17, 15) is 9.59 Å². The maximum absolute atomic E-state index is 12.6. The lowest BCUT2D eigenvalue weighted by molar-refractivity contribution is -0.133. The third kappa shape index (κ3) is 3.26. The van der Waals surface area contributed by atoms with E-state index >= 15 is 0 Å². The molecule has 1 heterocycles. The smallest absolute Gasteiger partial charge is 0.228 e. The van der Waals surface area contributed by atoms with Crippen molar-refractivity contribution in [3.63, 3.8) is 0 Å². The van der Waals surface area contributed by atoms with E-state index in [4.69, 9.17) is 0 Å². The number of anilines is 1. The second-order valence-electron chi connectivity index (χ2n) is 6.63. The largest absolute Gasteiger partial charge is 0.342 e. The van der Waals surface area contributed by atoms with Crippen LogP contribution >= 0.6 is 0 Å². The van der Waals surface area contributed by atoms with Gasteiger partial charge in [-0.15, -0.1) is 0 Å². The van der Waals surface area contributed by atoms with E-state index in [2.05, 4.69) is 31.3 Å². The van der Waals surface area contributed by atoms with Gasteiger partial charge in [0, 0.05) is 18.8 Å². The number of hydrogen-bond donors (Lipinski definition) is 1. The van der Waals surface area contributed by atoms with Crippen molar-refractivity contribution < 1.29 is 9.59 Å². The molecule has 0 aromatic heterocycles. The van der Waals surface area contributed by atoms with E-state index in [0.717, 1.165) is 44.5 Å². The molecule has 0 bridgehead atoms. The fourth-order valence-electron chi connectivity index (χ4n) is 3.55. The molecular formula is C19H26N2O2. The van der Waals surface area contributed by atoms with Crippen molar-refractivity contribution >= 4 is 17.5 Å². The van der Waals surface area contributed by atoms with Crippen LogP contribution in [0.1, 0.15) is 44.2 Å². The molecule has 1 aromatic rings. The molecule has 1 N–H and O–H groups in total. The van der Waals surface area contributed by atoms with Crippen LogP contribution in [0.25, 0.3) is 0 Å². The van der Waals surface area contributed by atoms with Gasteiger partial charge in [0.25, 0.3) is 0 Å². The van der Waals surface area contributed by atoms with Crippen LogP contribution in [0.2, 0.25) is 0 Å². The molecule has 2 fully saturated rings. The number of para-hydroxylation sites is 1. The van der Waals surface area contributed by atoms with Crippen LogP contribution in [-0.2, 0) is 22.4 Å². The van der Waals surface area contributed by atoms with Crippen LogP contribution in [0.3, 0.4) is 0 Å². The summed E-state index contributed by atoms with van der Waals surface area (Å²) in [5, 5.41) is 3.11. The van der Waals surface area contributed by atoms with Gasteiger partial charge in [0.2, 0.25) is 11.8 Å². The third-order valence-corrected chi connectivity index (χ3v) is 5.11. The third-order valence-electron chi connectivity index (χ3n) is 5.11. The molecule has 2 amide bonds. The SMILES string of the molecule is CCc1cccc(CC)c1NC(=O)C1CC1C(=O)N1CCCC1. The minimum atomic E-state index is -0.141. The lowest BCUT2D eigenvalue weighted by Crippen LogP contribution is -2.30. The molecule has 2 atom stereocenters. The summed E-state index contributed by atoms with van der Waals surface area (Å²) in [5.41, 5.74) is 3.29. The Bertz CT molecular complexity index is 583. The standard InChI is InChI=1S/C19H26N2O2/c1-3-13-8-7-9-14(4-2)17(13)20-18(22)15-12-16(15)19(23)21-10-5-6-11-21/h7-9,15-16H,3-6,10-12H2,1-2H3,(H,20,22). The molecule has 1 saturated heterocycles. The number of amides is 2. The highest BCUT2D eigenvalue weighted by Gasteiger charge is 2.49. The average molecular weight is 314 g/mol. The second-order valence-corrected chi connectivity index (χ2v) is 6.63. The van der Waals surface area contributed by atoms with Gasteiger partial charge in [0.1, 0.15) is 0 Å². The molecule has 1 aliphatic heterocycles. The first-order chi connectivity index (χ1) is 11.2. The Hall–Kier alpha value is -1.84. The molecule has 0 spiro atoms. The fourth-order valence-corrected chi connectivity index (χ4v) is 3.55. The number of nitrogens with one attached hydrogen (secondary N) is 1. The summed E-state index contributed by atoms with van der Waals surface area (Å²) in [6.07, 6.45) is 4.68. The van der Waals surface area contributed by atoms with E-state index in [1.165, 1.54) is 11.1 Å². The predicted octanol–water partition coefficient (Wildman–Crippen LogP) is 3.01. The quantitative estimate of drug-likeness (QED) is 0.908. The number of benzene rings is 1. The Morgan fingerprint density at radius 1 is 1.09 bits per heavy atom. The van der Waals surface area contributed by atoms with Gasteiger partial charge < -0.3 is 10.2 Å². The molecule has 4 heteroatoms. The lowest BCUT2D eigenvalue weighted by Gasteiger charge is -2.16. The van der Waals surface area contributed by atoms with Crippen molar-refractivity contribution in [3.8, 4) is 0 Å². The van der Waals surface area contributed by atoms with E-state index in [1.54, 1.807) is 0 Å². The van der Waals surface area contributed by atoms with E-state index in [1.807, 2.05) is 11.0 Å². The number of carbonyl (C=O) groups is 2. The van der Waals surface area contributed by atoms with Crippen LogP contribution < -0.4 is 5.32 Å². The van der Waals surface area contributed by atoms with E-state index < -0.39 is 0 Å². The van der Waals surface area contributed by atoms with Crippen molar-refractivity contribution in [1.82, 2.24) is 4.90 Å². The zero-order chi connectivity index (χ0) is 16.4. The molecule has 3 rings (SSSR count). The van der Waals surface area contributed by atoms with Crippen LogP contribution in [0.15, 0.2) is 18.2 Å². The zero-order valence-corrected chi connectivity index (χ0v) is 14.1. The summed E-state index contributed by atoms with van der Waals surface area (Å²) in [6, 6.07) is 6.17. The molecule has 1 aromatic carbocycles. The number of likely N-dealkylation sites (tertiary alicyclic amines) is 1. The predicted molar refractivity (Wildman–Crippen MR) is 91.2 cm³/mol. The fraction of sp³-hybridized carbons (Fsp3) is 0.579. The molecule has 2 aliphatic rings. The Morgan fingerprint density at radius 3 is 2.26 bits per heavy atom. The monoisotopic (exact) mass is 314 g/mol. The van der Waals surface area contributed by atoms with Gasteiger partial charge >= 0.3 is 0 Å². The number of aryl methyl sites for hydroxylation is 2. The van der Waals surface area contributed by atoms with E-state index in [0.29, 0.717) is 6.42 Å². The van der Waals surface area contributed by atoms with Gasteiger partial charge in [-0.2, -0.15) is 0 Å².